The summed E-state index contributed by atoms with van der Waals surface area (Å²) in [5.41, 5.74) is 0. The van der Waals surface area contributed by atoms with E-state index in [2.05, 4.69) is 11.1 Å². The van der Waals surface area contributed by atoms with E-state index in [1.807, 2.05) is 0 Å². The van der Waals surface area contributed by atoms with Crippen LogP contribution in [0.25, 0.3) is 0 Å². The molecule has 0 aliphatic carbocycles. The van der Waals surface area contributed by atoms with Gasteiger partial charge in [-0.1, -0.05) is 64.7 Å². The van der Waals surface area contributed by atoms with E-state index in [9.17, 15) is 8.42 Å². The third kappa shape index (κ3) is 19.8. The fourth-order valence-corrected chi connectivity index (χ4v) is 2.08. The Morgan fingerprint density at radius 2 is 1.22 bits per heavy atom. The summed E-state index contributed by atoms with van der Waals surface area (Å²) < 4.78 is 33.0. The van der Waals surface area contributed by atoms with E-state index >= 15 is 0 Å². The van der Waals surface area contributed by atoms with Crippen molar-refractivity contribution < 1.29 is 17.2 Å². The number of hydrogen-bond acceptors (Lipinski definition) is 3. The molecule has 0 saturated heterocycles. The molecule has 0 aromatic carbocycles. The van der Waals surface area contributed by atoms with Crippen LogP contribution in [-0.2, 0) is 14.6 Å². The normalized spacial score (nSPS) is 11.2. The van der Waals surface area contributed by atoms with E-state index in [1.54, 1.807) is 0 Å². The van der Waals surface area contributed by atoms with Crippen LogP contribution in [0.3, 0.4) is 0 Å². The van der Waals surface area contributed by atoms with Gasteiger partial charge in [0.2, 0.25) is 0 Å². The van der Waals surface area contributed by atoms with Crippen LogP contribution in [0.2, 0.25) is 0 Å². The fraction of sp³-hybridized carbons (Fsp3) is 1.00. The second-order valence-electron chi connectivity index (χ2n) is 4.43. The van der Waals surface area contributed by atoms with Crippen molar-refractivity contribution >= 4 is 59.3 Å². The van der Waals surface area contributed by atoms with E-state index in [1.165, 1.54) is 44.9 Å². The summed E-state index contributed by atoms with van der Waals surface area (Å²) in [6.45, 7) is 2.31. The zero-order chi connectivity index (χ0) is 13.0. The first-order valence-electron chi connectivity index (χ1n) is 6.68. The molecular formula is C12H28BaO4S. The molecule has 0 fully saturated rings. The first-order valence-corrected chi connectivity index (χ1v) is 8.04. The van der Waals surface area contributed by atoms with Gasteiger partial charge >= 0.3 is 59.3 Å². The van der Waals surface area contributed by atoms with Crippen molar-refractivity contribution in [3.05, 3.63) is 0 Å². The molecular weight excluding hydrogens is 378 g/mol. The summed E-state index contributed by atoms with van der Waals surface area (Å²) in [5.74, 6) is 0. The maximum absolute atomic E-state index is 10.2. The summed E-state index contributed by atoms with van der Waals surface area (Å²) in [6.07, 6.45) is 11.9. The Kier molecular flexibility index (Phi) is 17.9. The van der Waals surface area contributed by atoms with Crippen LogP contribution in [0.4, 0.5) is 0 Å². The number of unbranched alkanes of at least 4 members (excludes halogenated alkanes) is 9. The van der Waals surface area contributed by atoms with Gasteiger partial charge < -0.3 is 0 Å². The molecule has 0 aliphatic heterocycles. The molecule has 6 heteroatoms. The summed E-state index contributed by atoms with van der Waals surface area (Å²) >= 11 is 0. The van der Waals surface area contributed by atoms with E-state index in [0.29, 0.717) is 6.42 Å². The Bertz CT molecular complexity index is 255. The molecule has 0 bridgehead atoms. The average molecular weight is 406 g/mol. The topological polar surface area (TPSA) is 63.6 Å². The van der Waals surface area contributed by atoms with Gasteiger partial charge in [0.15, 0.2) is 0 Å². The van der Waals surface area contributed by atoms with Crippen molar-refractivity contribution in [3.63, 3.8) is 0 Å². The van der Waals surface area contributed by atoms with Gasteiger partial charge in [0.25, 0.3) is 0 Å². The minimum atomic E-state index is -4.23. The Morgan fingerprint density at radius 3 is 1.61 bits per heavy atom. The number of hydrogen-bond donors (Lipinski definition) is 1. The molecule has 0 unspecified atom stereocenters. The molecule has 0 saturated carbocycles. The zero-order valence-corrected chi connectivity index (χ0v) is 11.7. The SMILES string of the molecule is CCCCCCCCCCCCOS(=O)(=O)O.[BaH2]. The van der Waals surface area contributed by atoms with Crippen molar-refractivity contribution in [2.24, 2.45) is 0 Å². The minimum absolute atomic E-state index is 0. The molecule has 0 radical (unpaired) electrons. The van der Waals surface area contributed by atoms with E-state index in [0.717, 1.165) is 12.8 Å². The predicted molar refractivity (Wildman–Crippen MR) is 77.9 cm³/mol. The molecule has 0 heterocycles. The van der Waals surface area contributed by atoms with Crippen LogP contribution in [0.15, 0.2) is 0 Å². The molecule has 1 N–H and O–H groups in total. The van der Waals surface area contributed by atoms with Crippen LogP contribution < -0.4 is 0 Å². The quantitative estimate of drug-likeness (QED) is 0.308. The van der Waals surface area contributed by atoms with Crippen LogP contribution in [0.1, 0.15) is 71.1 Å². The van der Waals surface area contributed by atoms with Crippen LogP contribution >= 0.6 is 0 Å². The third-order valence-electron chi connectivity index (χ3n) is 2.73. The van der Waals surface area contributed by atoms with Crippen molar-refractivity contribution in [1.29, 1.82) is 0 Å². The molecule has 0 amide bonds. The Labute approximate surface area is 152 Å². The maximum atomic E-state index is 10.2. The van der Waals surface area contributed by atoms with E-state index in [-0.39, 0.29) is 55.5 Å². The summed E-state index contributed by atoms with van der Waals surface area (Å²) in [4.78, 5) is 0. The third-order valence-corrected chi connectivity index (χ3v) is 3.19. The van der Waals surface area contributed by atoms with Gasteiger partial charge in [-0.25, -0.2) is 4.18 Å². The molecule has 0 spiro atoms. The first kappa shape index (κ1) is 21.7. The molecule has 108 valence electrons. The van der Waals surface area contributed by atoms with Gasteiger partial charge in [0.05, 0.1) is 6.61 Å². The van der Waals surface area contributed by atoms with Crippen molar-refractivity contribution in [2.45, 2.75) is 71.1 Å². The molecule has 18 heavy (non-hydrogen) atoms. The molecule has 0 atom stereocenters. The van der Waals surface area contributed by atoms with Gasteiger partial charge in [-0.2, -0.15) is 8.42 Å². The van der Waals surface area contributed by atoms with Gasteiger partial charge in [0, 0.05) is 0 Å². The fourth-order valence-electron chi connectivity index (χ4n) is 1.75. The summed E-state index contributed by atoms with van der Waals surface area (Å²) in [5, 5.41) is 0. The average Bonchev–Trinajstić information content (AvgIpc) is 2.24. The molecule has 0 aromatic heterocycles. The zero-order valence-electron chi connectivity index (χ0n) is 10.9. The van der Waals surface area contributed by atoms with Gasteiger partial charge in [-0.15, -0.1) is 0 Å². The van der Waals surface area contributed by atoms with Gasteiger partial charge in [-0.05, 0) is 6.42 Å². The van der Waals surface area contributed by atoms with Gasteiger partial charge in [0.1, 0.15) is 0 Å². The molecule has 0 aliphatic rings. The second kappa shape index (κ2) is 14.8. The molecule has 0 aromatic rings. The predicted octanol–water partition coefficient (Wildman–Crippen LogP) is 2.81. The monoisotopic (exact) mass is 406 g/mol. The number of rotatable bonds is 12. The molecule has 0 rings (SSSR count). The summed E-state index contributed by atoms with van der Waals surface area (Å²) in [7, 11) is -4.23. The van der Waals surface area contributed by atoms with Crippen molar-refractivity contribution in [1.82, 2.24) is 0 Å². The van der Waals surface area contributed by atoms with Crippen LogP contribution in [-0.4, -0.2) is 68.5 Å². The summed E-state index contributed by atoms with van der Waals surface area (Å²) in [6, 6.07) is 0. The molecule has 4 nitrogen and oxygen atoms in total. The Balaban J connectivity index is 0. The van der Waals surface area contributed by atoms with Gasteiger partial charge in [-0.3, -0.25) is 4.55 Å². The van der Waals surface area contributed by atoms with Crippen molar-refractivity contribution in [3.8, 4) is 0 Å². The van der Waals surface area contributed by atoms with E-state index < -0.39 is 10.4 Å². The first-order chi connectivity index (χ1) is 8.06. The second-order valence-corrected chi connectivity index (χ2v) is 5.52. The van der Waals surface area contributed by atoms with E-state index in [4.69, 9.17) is 4.55 Å². The Hall–Kier alpha value is 1.44. The van der Waals surface area contributed by atoms with Crippen molar-refractivity contribution in [2.75, 3.05) is 6.61 Å². The van der Waals surface area contributed by atoms with Crippen LogP contribution in [0.5, 0.6) is 0 Å². The Morgan fingerprint density at radius 1 is 0.833 bits per heavy atom. The van der Waals surface area contributed by atoms with Crippen LogP contribution in [0, 0.1) is 0 Å². The standard InChI is InChI=1S/C12H26O4S.Ba.2H/c1-2-3-4-5-6-7-8-9-10-11-12-16-17(13,14)15;;;/h2-12H2,1H3,(H,13,14,15);;;.